The molecule has 0 radical (unpaired) electrons. The summed E-state index contributed by atoms with van der Waals surface area (Å²) in [5.74, 6) is 1.84. The quantitative estimate of drug-likeness (QED) is 0.377. The Morgan fingerprint density at radius 2 is 1.90 bits per heavy atom. The molecule has 2 heterocycles. The van der Waals surface area contributed by atoms with E-state index < -0.39 is 0 Å². The minimum Gasteiger partial charge on any atom is -0.457 e. The molecule has 0 bridgehead atoms. The highest BCUT2D eigenvalue weighted by atomic mass is 35.5. The first kappa shape index (κ1) is 19.2. The number of anilines is 2. The van der Waals surface area contributed by atoms with E-state index in [0.717, 1.165) is 16.7 Å². The predicted octanol–water partition coefficient (Wildman–Crippen LogP) is 6.08. The Labute approximate surface area is 176 Å². The summed E-state index contributed by atoms with van der Waals surface area (Å²) in [5.41, 5.74) is 3.02. The van der Waals surface area contributed by atoms with Crippen LogP contribution in [0.25, 0.3) is 11.0 Å². The third-order valence-corrected chi connectivity index (χ3v) is 5.02. The van der Waals surface area contributed by atoms with Gasteiger partial charge in [0.15, 0.2) is 0 Å². The second-order valence-corrected chi connectivity index (χ2v) is 7.09. The van der Waals surface area contributed by atoms with E-state index in [1.807, 2.05) is 35.9 Å². The summed E-state index contributed by atoms with van der Waals surface area (Å²) in [7, 11) is 1.91. The van der Waals surface area contributed by atoms with Gasteiger partial charge in [0, 0.05) is 31.1 Å². The standard InChI is InChI=1S/C20H15Cl2N5O2/c1-27-19-5-3-14(29-15-6-7-23-13(8-15)11-24-28)10-18(19)26-20(27)25-12-2-4-16(21)17(22)9-12/h2-10H,11H2,1H3,(H,25,26). The molecular weight excluding hydrogens is 413 g/mol. The lowest BCUT2D eigenvalue weighted by Crippen LogP contribution is -1.98. The van der Waals surface area contributed by atoms with Gasteiger partial charge in [-0.2, -0.15) is 4.91 Å². The van der Waals surface area contributed by atoms with Crippen LogP contribution in [0.5, 0.6) is 11.5 Å². The van der Waals surface area contributed by atoms with Gasteiger partial charge in [-0.05, 0) is 36.4 Å². The normalized spacial score (nSPS) is 10.9. The molecule has 0 amide bonds. The fourth-order valence-corrected chi connectivity index (χ4v) is 3.16. The molecule has 0 aliphatic carbocycles. The number of hydrogen-bond donors (Lipinski definition) is 1. The number of pyridine rings is 1. The molecule has 29 heavy (non-hydrogen) atoms. The van der Waals surface area contributed by atoms with Gasteiger partial charge in [0.2, 0.25) is 5.95 Å². The summed E-state index contributed by atoms with van der Waals surface area (Å²) >= 11 is 12.1. The zero-order valence-corrected chi connectivity index (χ0v) is 16.8. The Kier molecular flexibility index (Phi) is 5.33. The van der Waals surface area contributed by atoms with E-state index in [1.54, 1.807) is 30.5 Å². The number of rotatable bonds is 6. The van der Waals surface area contributed by atoms with Crippen LogP contribution in [0, 0.1) is 4.91 Å². The van der Waals surface area contributed by atoms with Crippen LogP contribution in [0.2, 0.25) is 10.0 Å². The lowest BCUT2D eigenvalue weighted by Gasteiger charge is -2.07. The number of hydrogen-bond acceptors (Lipinski definition) is 6. The van der Waals surface area contributed by atoms with E-state index in [9.17, 15) is 4.91 Å². The van der Waals surface area contributed by atoms with Crippen LogP contribution in [0.15, 0.2) is 59.9 Å². The fourth-order valence-electron chi connectivity index (χ4n) is 2.87. The summed E-state index contributed by atoms with van der Waals surface area (Å²) < 4.78 is 7.82. The van der Waals surface area contributed by atoms with Crippen LogP contribution >= 0.6 is 23.2 Å². The second kappa shape index (κ2) is 8.06. The fraction of sp³-hybridized carbons (Fsp3) is 0.100. The molecule has 0 saturated heterocycles. The van der Waals surface area contributed by atoms with Crippen molar-refractivity contribution in [3.8, 4) is 11.5 Å². The maximum Gasteiger partial charge on any atom is 0.208 e. The van der Waals surface area contributed by atoms with Crippen LogP contribution in [0.3, 0.4) is 0 Å². The van der Waals surface area contributed by atoms with Gasteiger partial charge in [-0.1, -0.05) is 28.4 Å². The molecule has 0 unspecified atom stereocenters. The van der Waals surface area contributed by atoms with Crippen molar-refractivity contribution in [3.63, 3.8) is 0 Å². The summed E-state index contributed by atoms with van der Waals surface area (Å²) in [6.45, 7) is 0.000218. The van der Waals surface area contributed by atoms with Gasteiger partial charge in [-0.15, -0.1) is 0 Å². The SMILES string of the molecule is Cn1c(Nc2ccc(Cl)c(Cl)c2)nc2cc(Oc3ccnc(CN=O)c3)ccc21. The summed E-state index contributed by atoms with van der Waals surface area (Å²) in [6.07, 6.45) is 1.58. The number of nitrogens with zero attached hydrogens (tertiary/aromatic N) is 4. The lowest BCUT2D eigenvalue weighted by atomic mass is 10.3. The largest absolute Gasteiger partial charge is 0.457 e. The Balaban J connectivity index is 1.60. The molecule has 2 aromatic heterocycles. The molecule has 0 spiro atoms. The number of benzene rings is 2. The van der Waals surface area contributed by atoms with E-state index >= 15 is 0 Å². The minimum atomic E-state index is 0.000218. The highest BCUT2D eigenvalue weighted by Gasteiger charge is 2.11. The van der Waals surface area contributed by atoms with E-state index in [4.69, 9.17) is 27.9 Å². The van der Waals surface area contributed by atoms with E-state index in [2.05, 4.69) is 20.5 Å². The van der Waals surface area contributed by atoms with Gasteiger partial charge >= 0.3 is 0 Å². The first-order chi connectivity index (χ1) is 14.0. The van der Waals surface area contributed by atoms with Gasteiger partial charge in [0.1, 0.15) is 18.0 Å². The van der Waals surface area contributed by atoms with Crippen molar-refractivity contribution in [2.75, 3.05) is 5.32 Å². The van der Waals surface area contributed by atoms with Crippen molar-refractivity contribution < 1.29 is 4.74 Å². The molecular formula is C20H15Cl2N5O2. The minimum absolute atomic E-state index is 0.000218. The number of aromatic nitrogens is 3. The van der Waals surface area contributed by atoms with E-state index in [-0.39, 0.29) is 6.54 Å². The van der Waals surface area contributed by atoms with Gasteiger partial charge in [0.05, 0.1) is 26.8 Å². The third-order valence-electron chi connectivity index (χ3n) is 4.28. The number of ether oxygens (including phenoxy) is 1. The van der Waals surface area contributed by atoms with Crippen molar-refractivity contribution in [1.82, 2.24) is 14.5 Å². The number of fused-ring (bicyclic) bond motifs is 1. The lowest BCUT2D eigenvalue weighted by molar-refractivity contribution is 0.481. The molecule has 0 aliphatic rings. The maximum atomic E-state index is 10.4. The molecule has 4 aromatic rings. The van der Waals surface area contributed by atoms with Crippen LogP contribution in [-0.4, -0.2) is 14.5 Å². The van der Waals surface area contributed by atoms with Gasteiger partial charge in [-0.3, -0.25) is 4.98 Å². The summed E-state index contributed by atoms with van der Waals surface area (Å²) in [6, 6.07) is 14.3. The van der Waals surface area contributed by atoms with Crippen LogP contribution < -0.4 is 10.1 Å². The Morgan fingerprint density at radius 1 is 1.07 bits per heavy atom. The molecule has 2 aromatic carbocycles. The zero-order chi connectivity index (χ0) is 20.4. The van der Waals surface area contributed by atoms with Crippen LogP contribution in [0.4, 0.5) is 11.6 Å². The van der Waals surface area contributed by atoms with Crippen molar-refractivity contribution >= 4 is 45.9 Å². The number of imidazole rings is 1. The maximum absolute atomic E-state index is 10.4. The van der Waals surface area contributed by atoms with Crippen molar-refractivity contribution in [1.29, 1.82) is 0 Å². The van der Waals surface area contributed by atoms with Crippen molar-refractivity contribution in [2.24, 2.45) is 12.2 Å². The molecule has 7 nitrogen and oxygen atoms in total. The molecule has 0 saturated carbocycles. The molecule has 0 fully saturated rings. The summed E-state index contributed by atoms with van der Waals surface area (Å²) in [4.78, 5) is 19.1. The molecule has 0 atom stereocenters. The zero-order valence-electron chi connectivity index (χ0n) is 15.3. The Morgan fingerprint density at radius 3 is 2.69 bits per heavy atom. The van der Waals surface area contributed by atoms with Gasteiger partial charge in [-0.25, -0.2) is 4.98 Å². The van der Waals surface area contributed by atoms with E-state index in [1.165, 1.54) is 0 Å². The van der Waals surface area contributed by atoms with E-state index in [0.29, 0.717) is 33.2 Å². The molecule has 4 rings (SSSR count). The van der Waals surface area contributed by atoms with Crippen molar-refractivity contribution in [2.45, 2.75) is 6.54 Å². The highest BCUT2D eigenvalue weighted by Crippen LogP contribution is 2.30. The molecule has 9 heteroatoms. The Hall–Kier alpha value is -3.16. The van der Waals surface area contributed by atoms with Gasteiger partial charge < -0.3 is 14.6 Å². The number of nitroso groups, excluding NO2 is 1. The summed E-state index contributed by atoms with van der Waals surface area (Å²) in [5, 5.41) is 7.05. The highest BCUT2D eigenvalue weighted by molar-refractivity contribution is 6.42. The number of aryl methyl sites for hydroxylation is 1. The first-order valence-corrected chi connectivity index (χ1v) is 9.39. The molecule has 0 aliphatic heterocycles. The molecule has 146 valence electrons. The molecule has 1 N–H and O–H groups in total. The predicted molar refractivity (Wildman–Crippen MR) is 114 cm³/mol. The second-order valence-electron chi connectivity index (χ2n) is 6.27. The first-order valence-electron chi connectivity index (χ1n) is 8.64. The third kappa shape index (κ3) is 4.16. The average Bonchev–Trinajstić information content (AvgIpc) is 3.00. The van der Waals surface area contributed by atoms with Gasteiger partial charge in [0.25, 0.3) is 0 Å². The van der Waals surface area contributed by atoms with Crippen LogP contribution in [-0.2, 0) is 13.6 Å². The monoisotopic (exact) mass is 427 g/mol. The van der Waals surface area contributed by atoms with Crippen molar-refractivity contribution in [3.05, 3.63) is 75.4 Å². The average molecular weight is 428 g/mol. The topological polar surface area (TPSA) is 81.4 Å². The number of nitrogens with one attached hydrogen (secondary N) is 1. The Bertz CT molecular complexity index is 1210. The van der Waals surface area contributed by atoms with Crippen LogP contribution in [0.1, 0.15) is 5.69 Å². The number of halogens is 2. The smallest absolute Gasteiger partial charge is 0.208 e.